The average molecular weight is 257 g/mol. The number of fused-ring (bicyclic) bond motifs is 1. The fourth-order valence-electron chi connectivity index (χ4n) is 1.74. The molecule has 0 fully saturated rings. The Morgan fingerprint density at radius 1 is 1.06 bits per heavy atom. The van der Waals surface area contributed by atoms with Crippen LogP contribution in [0, 0.1) is 0 Å². The number of rotatable bonds is 2. The van der Waals surface area contributed by atoms with E-state index < -0.39 is 0 Å². The molecular formula is C12H11N5S. The highest BCUT2D eigenvalue weighted by atomic mass is 32.1. The predicted molar refractivity (Wildman–Crippen MR) is 76.0 cm³/mol. The molecule has 0 atom stereocenters. The highest BCUT2D eigenvalue weighted by molar-refractivity contribution is 7.17. The van der Waals surface area contributed by atoms with Crippen molar-refractivity contribution in [2.45, 2.75) is 0 Å². The Morgan fingerprint density at radius 3 is 2.78 bits per heavy atom. The molecule has 90 valence electrons. The second kappa shape index (κ2) is 4.15. The van der Waals surface area contributed by atoms with Gasteiger partial charge in [-0.2, -0.15) is 9.97 Å². The second-order valence-corrected chi connectivity index (χ2v) is 4.78. The van der Waals surface area contributed by atoms with E-state index in [0.717, 1.165) is 5.69 Å². The lowest BCUT2D eigenvalue weighted by atomic mass is 10.2. The normalized spacial score (nSPS) is 10.7. The molecule has 6 heteroatoms. The minimum atomic E-state index is 0.161. The predicted octanol–water partition coefficient (Wildman–Crippen LogP) is 2.60. The van der Waals surface area contributed by atoms with Crippen molar-refractivity contribution in [3.05, 3.63) is 35.7 Å². The van der Waals surface area contributed by atoms with Crippen LogP contribution in [-0.2, 0) is 0 Å². The van der Waals surface area contributed by atoms with E-state index in [4.69, 9.17) is 11.5 Å². The summed E-state index contributed by atoms with van der Waals surface area (Å²) in [5.41, 5.74) is 12.1. The summed E-state index contributed by atoms with van der Waals surface area (Å²) in [6.45, 7) is 0. The molecule has 18 heavy (non-hydrogen) atoms. The van der Waals surface area contributed by atoms with Crippen LogP contribution in [0.15, 0.2) is 35.7 Å². The van der Waals surface area contributed by atoms with Gasteiger partial charge < -0.3 is 16.8 Å². The highest BCUT2D eigenvalue weighted by Gasteiger charge is 2.02. The van der Waals surface area contributed by atoms with Gasteiger partial charge in [0.15, 0.2) is 0 Å². The van der Waals surface area contributed by atoms with E-state index in [2.05, 4.69) is 38.9 Å². The van der Waals surface area contributed by atoms with Crippen molar-refractivity contribution in [3.63, 3.8) is 0 Å². The summed E-state index contributed by atoms with van der Waals surface area (Å²) in [5.74, 6) is 1.10. The van der Waals surface area contributed by atoms with Gasteiger partial charge in [0, 0.05) is 16.5 Å². The van der Waals surface area contributed by atoms with Crippen LogP contribution in [0.5, 0.6) is 0 Å². The summed E-state index contributed by atoms with van der Waals surface area (Å²) in [4.78, 5) is 7.90. The van der Waals surface area contributed by atoms with Gasteiger partial charge in [-0.15, -0.1) is 11.3 Å². The number of hydrogen-bond donors (Lipinski definition) is 3. The quantitative estimate of drug-likeness (QED) is 0.656. The van der Waals surface area contributed by atoms with Crippen LogP contribution in [0.3, 0.4) is 0 Å². The van der Waals surface area contributed by atoms with E-state index in [9.17, 15) is 0 Å². The maximum Gasteiger partial charge on any atom is 0.223 e. The van der Waals surface area contributed by atoms with E-state index >= 15 is 0 Å². The molecule has 3 rings (SSSR count). The lowest BCUT2D eigenvalue weighted by Gasteiger charge is -2.06. The van der Waals surface area contributed by atoms with Crippen molar-refractivity contribution < 1.29 is 0 Å². The molecule has 0 amide bonds. The van der Waals surface area contributed by atoms with Crippen molar-refractivity contribution in [1.82, 2.24) is 9.97 Å². The lowest BCUT2D eigenvalue weighted by Crippen LogP contribution is -2.02. The van der Waals surface area contributed by atoms with Gasteiger partial charge in [0.05, 0.1) is 0 Å². The Balaban J connectivity index is 1.95. The molecule has 0 spiro atoms. The number of nitrogens with zero attached hydrogens (tertiary/aromatic N) is 2. The molecule has 0 aliphatic heterocycles. The molecule has 0 saturated heterocycles. The van der Waals surface area contributed by atoms with E-state index in [0.29, 0.717) is 11.6 Å². The average Bonchev–Trinajstić information content (AvgIpc) is 2.74. The number of anilines is 4. The van der Waals surface area contributed by atoms with Gasteiger partial charge in [0.25, 0.3) is 0 Å². The van der Waals surface area contributed by atoms with Gasteiger partial charge in [-0.25, -0.2) is 0 Å². The van der Waals surface area contributed by atoms with Crippen molar-refractivity contribution in [3.8, 4) is 0 Å². The zero-order valence-corrected chi connectivity index (χ0v) is 10.2. The number of nitrogens with one attached hydrogen (secondary N) is 1. The van der Waals surface area contributed by atoms with E-state index in [1.165, 1.54) is 10.1 Å². The largest absolute Gasteiger partial charge is 0.383 e. The molecule has 0 bridgehead atoms. The third-order valence-electron chi connectivity index (χ3n) is 2.49. The molecule has 5 nitrogen and oxygen atoms in total. The van der Waals surface area contributed by atoms with Crippen LogP contribution in [0.2, 0.25) is 0 Å². The van der Waals surface area contributed by atoms with E-state index in [-0.39, 0.29) is 5.95 Å². The van der Waals surface area contributed by atoms with Crippen molar-refractivity contribution in [2.24, 2.45) is 0 Å². The third-order valence-corrected chi connectivity index (χ3v) is 3.39. The monoisotopic (exact) mass is 257 g/mol. The maximum atomic E-state index is 5.62. The number of hydrogen-bond acceptors (Lipinski definition) is 6. The first-order valence-electron chi connectivity index (χ1n) is 5.35. The van der Waals surface area contributed by atoms with Crippen LogP contribution in [-0.4, -0.2) is 9.97 Å². The molecule has 0 unspecified atom stereocenters. The molecule has 5 N–H and O–H groups in total. The van der Waals surface area contributed by atoms with Gasteiger partial charge in [0.1, 0.15) is 11.6 Å². The topological polar surface area (TPSA) is 89.8 Å². The Bertz CT molecular complexity index is 686. The Hall–Kier alpha value is -2.34. The molecule has 0 aliphatic rings. The van der Waals surface area contributed by atoms with Crippen LogP contribution < -0.4 is 16.8 Å². The molecule has 2 heterocycles. The van der Waals surface area contributed by atoms with Crippen molar-refractivity contribution >= 4 is 44.7 Å². The number of aromatic nitrogens is 2. The summed E-state index contributed by atoms with van der Waals surface area (Å²) >= 11 is 1.71. The molecule has 0 radical (unpaired) electrons. The zero-order valence-electron chi connectivity index (χ0n) is 9.42. The van der Waals surface area contributed by atoms with Crippen molar-refractivity contribution in [2.75, 3.05) is 16.8 Å². The molecule has 3 aromatic rings. The van der Waals surface area contributed by atoms with Crippen LogP contribution in [0.25, 0.3) is 10.1 Å². The number of thiophene rings is 1. The fourth-order valence-corrected chi connectivity index (χ4v) is 2.51. The van der Waals surface area contributed by atoms with Crippen molar-refractivity contribution in [1.29, 1.82) is 0 Å². The van der Waals surface area contributed by atoms with Crippen LogP contribution in [0.1, 0.15) is 0 Å². The number of benzene rings is 1. The summed E-state index contributed by atoms with van der Waals surface area (Å²) in [5, 5.41) is 6.42. The molecule has 1 aromatic carbocycles. The molecular weight excluding hydrogens is 246 g/mol. The number of nitrogens with two attached hydrogens (primary N) is 2. The van der Waals surface area contributed by atoms with Gasteiger partial charge >= 0.3 is 0 Å². The molecule has 0 saturated carbocycles. The highest BCUT2D eigenvalue weighted by Crippen LogP contribution is 2.25. The first-order valence-corrected chi connectivity index (χ1v) is 6.23. The fraction of sp³-hybridized carbons (Fsp3) is 0. The van der Waals surface area contributed by atoms with Crippen LogP contribution in [0.4, 0.5) is 23.3 Å². The third kappa shape index (κ3) is 2.05. The molecule has 0 aliphatic carbocycles. The minimum absolute atomic E-state index is 0.161. The standard InChI is InChI=1S/C12H11N5S/c13-10-6-11(17-12(14)16-10)15-8-1-2-9-7(5-8)3-4-18-9/h1-6H,(H5,13,14,15,16,17). The van der Waals surface area contributed by atoms with E-state index in [1.807, 2.05) is 6.07 Å². The van der Waals surface area contributed by atoms with Gasteiger partial charge in [-0.1, -0.05) is 0 Å². The molecule has 2 aromatic heterocycles. The Labute approximate surface area is 107 Å². The Morgan fingerprint density at radius 2 is 1.94 bits per heavy atom. The SMILES string of the molecule is Nc1cc(Nc2ccc3sccc3c2)nc(N)n1. The van der Waals surface area contributed by atoms with Crippen LogP contribution >= 0.6 is 11.3 Å². The Kier molecular flexibility index (Phi) is 2.49. The van der Waals surface area contributed by atoms with Gasteiger partial charge in [0.2, 0.25) is 5.95 Å². The second-order valence-electron chi connectivity index (χ2n) is 3.83. The summed E-state index contributed by atoms with van der Waals surface area (Å²) in [7, 11) is 0. The summed E-state index contributed by atoms with van der Waals surface area (Å²) in [6.07, 6.45) is 0. The minimum Gasteiger partial charge on any atom is -0.383 e. The first kappa shape index (κ1) is 10.8. The summed E-state index contributed by atoms with van der Waals surface area (Å²) < 4.78 is 1.25. The van der Waals surface area contributed by atoms with E-state index in [1.54, 1.807) is 17.4 Å². The van der Waals surface area contributed by atoms with Gasteiger partial charge in [-0.05, 0) is 35.0 Å². The lowest BCUT2D eigenvalue weighted by molar-refractivity contribution is 1.19. The zero-order chi connectivity index (χ0) is 12.5. The maximum absolute atomic E-state index is 5.62. The number of nitrogen functional groups attached to an aromatic ring is 2. The first-order chi connectivity index (χ1) is 8.70. The summed E-state index contributed by atoms with van der Waals surface area (Å²) in [6, 6.07) is 9.84. The smallest absolute Gasteiger partial charge is 0.223 e. The van der Waals surface area contributed by atoms with Gasteiger partial charge in [-0.3, -0.25) is 0 Å².